The van der Waals surface area contributed by atoms with Gasteiger partial charge in [-0.3, -0.25) is 9.59 Å². The summed E-state index contributed by atoms with van der Waals surface area (Å²) < 4.78 is 81.9. The van der Waals surface area contributed by atoms with E-state index in [0.717, 1.165) is 17.9 Å². The van der Waals surface area contributed by atoms with E-state index in [2.05, 4.69) is 0 Å². The van der Waals surface area contributed by atoms with Crippen molar-refractivity contribution in [2.24, 2.45) is 0 Å². The van der Waals surface area contributed by atoms with E-state index < -0.39 is 47.9 Å². The minimum atomic E-state index is -4.98. The SMILES string of the molecule is Cc1cc(N(CC(F)(F)F)c2cccc(-c3ccc(C(=O)NC(C)C(=O)O)c(C(F)(F)F)c3)c2)ccc1Cl. The highest BCUT2D eigenvalue weighted by Crippen LogP contribution is 2.37. The van der Waals surface area contributed by atoms with E-state index in [4.69, 9.17) is 16.7 Å². The van der Waals surface area contributed by atoms with Gasteiger partial charge in [-0.05, 0) is 73.0 Å². The Bertz CT molecular complexity index is 1360. The molecule has 38 heavy (non-hydrogen) atoms. The summed E-state index contributed by atoms with van der Waals surface area (Å²) in [5.41, 5.74) is -1.19. The third-order valence-corrected chi connectivity index (χ3v) is 5.99. The molecule has 0 spiro atoms. The summed E-state index contributed by atoms with van der Waals surface area (Å²) in [5, 5.41) is 11.3. The van der Waals surface area contributed by atoms with Gasteiger partial charge in [0.25, 0.3) is 5.91 Å². The average Bonchev–Trinajstić information content (AvgIpc) is 2.82. The quantitative estimate of drug-likeness (QED) is 0.300. The molecule has 0 radical (unpaired) electrons. The van der Waals surface area contributed by atoms with Crippen molar-refractivity contribution >= 4 is 34.9 Å². The molecular formula is C26H21ClF6N2O3. The third-order valence-electron chi connectivity index (χ3n) is 5.57. The Morgan fingerprint density at radius 2 is 1.58 bits per heavy atom. The standard InChI is InChI=1S/C26H21ClF6N2O3/c1-14-10-19(7-9-22(14)27)35(13-25(28,29)30)18-5-3-4-16(11-18)17-6-8-20(21(12-17)26(31,32)33)23(36)34-15(2)24(37)38/h3-12,15H,13H2,1-2H3,(H,34,36)(H,37,38). The molecule has 0 saturated heterocycles. The maximum absolute atomic E-state index is 13.8. The Kier molecular flexibility index (Phi) is 8.30. The van der Waals surface area contributed by atoms with E-state index >= 15 is 0 Å². The number of hydrogen-bond acceptors (Lipinski definition) is 3. The van der Waals surface area contributed by atoms with Gasteiger partial charge in [-0.2, -0.15) is 26.3 Å². The van der Waals surface area contributed by atoms with E-state index in [1.807, 2.05) is 5.32 Å². The van der Waals surface area contributed by atoms with Crippen molar-refractivity contribution in [2.45, 2.75) is 32.2 Å². The molecule has 3 aromatic rings. The van der Waals surface area contributed by atoms with Crippen LogP contribution in [0.1, 0.15) is 28.4 Å². The number of halogens is 7. The normalized spacial score (nSPS) is 12.7. The predicted octanol–water partition coefficient (Wildman–Crippen LogP) is 7.24. The van der Waals surface area contributed by atoms with Crippen molar-refractivity contribution in [2.75, 3.05) is 11.4 Å². The fourth-order valence-corrected chi connectivity index (χ4v) is 3.77. The van der Waals surface area contributed by atoms with E-state index in [0.29, 0.717) is 16.7 Å². The Morgan fingerprint density at radius 1 is 0.947 bits per heavy atom. The van der Waals surface area contributed by atoms with Crippen LogP contribution in [-0.4, -0.2) is 35.7 Å². The van der Waals surface area contributed by atoms with Gasteiger partial charge >= 0.3 is 18.3 Å². The Labute approximate surface area is 218 Å². The lowest BCUT2D eigenvalue weighted by molar-refractivity contribution is -0.138. The van der Waals surface area contributed by atoms with Gasteiger partial charge < -0.3 is 15.3 Å². The first-order chi connectivity index (χ1) is 17.6. The number of aryl methyl sites for hydroxylation is 1. The van der Waals surface area contributed by atoms with Gasteiger partial charge in [-0.25, -0.2) is 0 Å². The first-order valence-electron chi connectivity index (χ1n) is 11.0. The molecule has 0 saturated carbocycles. The zero-order chi connectivity index (χ0) is 28.4. The number of amides is 1. The molecule has 0 aliphatic rings. The predicted molar refractivity (Wildman–Crippen MR) is 131 cm³/mol. The highest BCUT2D eigenvalue weighted by atomic mass is 35.5. The van der Waals surface area contributed by atoms with Crippen LogP contribution in [0.4, 0.5) is 37.7 Å². The van der Waals surface area contributed by atoms with Crippen LogP contribution in [0.3, 0.4) is 0 Å². The summed E-state index contributed by atoms with van der Waals surface area (Å²) >= 11 is 6.01. The molecule has 0 fully saturated rings. The van der Waals surface area contributed by atoms with Gasteiger partial charge in [0, 0.05) is 16.4 Å². The molecule has 0 aliphatic carbocycles. The van der Waals surface area contributed by atoms with Crippen LogP contribution in [0, 0.1) is 6.92 Å². The number of nitrogens with one attached hydrogen (secondary N) is 1. The summed E-state index contributed by atoms with van der Waals surface area (Å²) in [6.07, 6.45) is -9.58. The van der Waals surface area contributed by atoms with Crippen LogP contribution in [0.15, 0.2) is 60.7 Å². The number of benzene rings is 3. The molecule has 2 N–H and O–H groups in total. The number of carbonyl (C=O) groups excluding carboxylic acids is 1. The Balaban J connectivity index is 2.08. The second-order valence-corrected chi connectivity index (χ2v) is 8.88. The van der Waals surface area contributed by atoms with Gasteiger partial charge in [-0.15, -0.1) is 0 Å². The zero-order valence-corrected chi connectivity index (χ0v) is 20.7. The third kappa shape index (κ3) is 6.97. The van der Waals surface area contributed by atoms with Crippen LogP contribution in [-0.2, 0) is 11.0 Å². The summed E-state index contributed by atoms with van der Waals surface area (Å²) in [6, 6.07) is 11.2. The highest BCUT2D eigenvalue weighted by molar-refractivity contribution is 6.31. The summed E-state index contributed by atoms with van der Waals surface area (Å²) in [4.78, 5) is 24.3. The number of rotatable bonds is 7. The Morgan fingerprint density at radius 3 is 2.16 bits per heavy atom. The molecule has 3 rings (SSSR count). The highest BCUT2D eigenvalue weighted by Gasteiger charge is 2.36. The summed E-state index contributed by atoms with van der Waals surface area (Å²) in [6.45, 7) is 1.36. The summed E-state index contributed by atoms with van der Waals surface area (Å²) in [7, 11) is 0. The smallest absolute Gasteiger partial charge is 0.417 e. The monoisotopic (exact) mass is 558 g/mol. The zero-order valence-electron chi connectivity index (χ0n) is 19.9. The lowest BCUT2D eigenvalue weighted by Crippen LogP contribution is -2.39. The van der Waals surface area contributed by atoms with Gasteiger partial charge in [0.2, 0.25) is 0 Å². The second-order valence-electron chi connectivity index (χ2n) is 8.48. The number of carboxylic acids is 1. The molecule has 1 amide bonds. The maximum atomic E-state index is 13.8. The van der Waals surface area contributed by atoms with Crippen molar-refractivity contribution in [1.82, 2.24) is 5.32 Å². The first kappa shape index (κ1) is 28.8. The number of nitrogens with zero attached hydrogens (tertiary/aromatic N) is 1. The minimum Gasteiger partial charge on any atom is -0.480 e. The van der Waals surface area contributed by atoms with Crippen LogP contribution in [0.5, 0.6) is 0 Å². The molecule has 1 atom stereocenters. The number of carbonyl (C=O) groups is 2. The molecular weight excluding hydrogens is 538 g/mol. The van der Waals surface area contributed by atoms with Crippen LogP contribution < -0.4 is 10.2 Å². The van der Waals surface area contributed by atoms with Gasteiger partial charge in [0.05, 0.1) is 11.1 Å². The van der Waals surface area contributed by atoms with Crippen molar-refractivity contribution in [3.8, 4) is 11.1 Å². The molecule has 3 aromatic carbocycles. The van der Waals surface area contributed by atoms with E-state index in [9.17, 15) is 35.9 Å². The number of hydrogen-bond donors (Lipinski definition) is 2. The van der Waals surface area contributed by atoms with E-state index in [1.165, 1.54) is 48.5 Å². The maximum Gasteiger partial charge on any atom is 0.417 e. The molecule has 0 bridgehead atoms. The second kappa shape index (κ2) is 10.9. The fourth-order valence-electron chi connectivity index (χ4n) is 3.65. The number of anilines is 2. The van der Waals surface area contributed by atoms with Crippen molar-refractivity contribution in [3.05, 3.63) is 82.4 Å². The molecule has 202 valence electrons. The fraction of sp³-hybridized carbons (Fsp3) is 0.231. The molecule has 0 aliphatic heterocycles. The number of alkyl halides is 6. The Hall–Kier alpha value is -3.73. The van der Waals surface area contributed by atoms with Crippen molar-refractivity contribution in [1.29, 1.82) is 0 Å². The van der Waals surface area contributed by atoms with Crippen molar-refractivity contribution < 1.29 is 41.0 Å². The lowest BCUT2D eigenvalue weighted by Gasteiger charge is -2.27. The van der Waals surface area contributed by atoms with Gasteiger partial charge in [0.15, 0.2) is 0 Å². The first-order valence-corrected chi connectivity index (χ1v) is 11.4. The number of carboxylic acid groups (broad SMARTS) is 1. The largest absolute Gasteiger partial charge is 0.480 e. The number of aliphatic carboxylic acids is 1. The topological polar surface area (TPSA) is 69.6 Å². The molecule has 12 heteroatoms. The molecule has 0 heterocycles. The summed E-state index contributed by atoms with van der Waals surface area (Å²) in [5.74, 6) is -2.67. The van der Waals surface area contributed by atoms with Crippen LogP contribution in [0.25, 0.3) is 11.1 Å². The average molecular weight is 559 g/mol. The van der Waals surface area contributed by atoms with E-state index in [-0.39, 0.29) is 22.5 Å². The van der Waals surface area contributed by atoms with E-state index in [1.54, 1.807) is 6.92 Å². The lowest BCUT2D eigenvalue weighted by atomic mass is 9.97. The van der Waals surface area contributed by atoms with Gasteiger partial charge in [0.1, 0.15) is 12.6 Å². The van der Waals surface area contributed by atoms with Crippen LogP contribution >= 0.6 is 11.6 Å². The van der Waals surface area contributed by atoms with Gasteiger partial charge in [-0.1, -0.05) is 29.8 Å². The molecule has 0 aromatic heterocycles. The van der Waals surface area contributed by atoms with Crippen LogP contribution in [0.2, 0.25) is 5.02 Å². The minimum absolute atomic E-state index is 0.0127. The molecule has 1 unspecified atom stereocenters. The van der Waals surface area contributed by atoms with Crippen molar-refractivity contribution in [3.63, 3.8) is 0 Å². The molecule has 5 nitrogen and oxygen atoms in total.